The molecule has 6 nitrogen and oxygen atoms in total. The number of benzene rings is 4. The number of ether oxygens (including phenoxy) is 1. The van der Waals surface area contributed by atoms with Crippen molar-refractivity contribution >= 4 is 46.6 Å². The molecule has 2 bridgehead atoms. The molecule has 0 saturated carbocycles. The van der Waals surface area contributed by atoms with Crippen LogP contribution in [-0.2, 0) is 24.1 Å². The van der Waals surface area contributed by atoms with E-state index in [0.29, 0.717) is 11.4 Å². The highest BCUT2D eigenvalue weighted by Crippen LogP contribution is 2.69. The minimum absolute atomic E-state index is 0.446. The first-order chi connectivity index (χ1) is 19.7. The van der Waals surface area contributed by atoms with Crippen molar-refractivity contribution in [3.63, 3.8) is 0 Å². The molecule has 2 atom stereocenters. The molecule has 3 amide bonds. The van der Waals surface area contributed by atoms with Crippen LogP contribution in [0.5, 0.6) is 11.5 Å². The Hall–Kier alpha value is -4.13. The number of amides is 3. The summed E-state index contributed by atoms with van der Waals surface area (Å²) in [5.41, 5.74) is 4.39. The molecule has 4 aromatic rings. The van der Waals surface area contributed by atoms with E-state index < -0.39 is 45.9 Å². The zero-order valence-corrected chi connectivity index (χ0v) is 23.4. The van der Waals surface area contributed by atoms with E-state index in [2.05, 4.69) is 5.32 Å². The Labute approximate surface area is 246 Å². The third-order valence-electron chi connectivity index (χ3n) is 8.44. The van der Waals surface area contributed by atoms with Gasteiger partial charge < -0.3 is 10.1 Å². The molecule has 1 saturated heterocycles. The summed E-state index contributed by atoms with van der Waals surface area (Å²) in [5, 5.41) is 2.78. The Balaban J connectivity index is 1.14. The number of carbonyl (C=O) groups is 3. The fourth-order valence-electron chi connectivity index (χ4n) is 6.63. The monoisotopic (exact) mass is 582 g/mol. The number of hydrogen-bond acceptors (Lipinski definition) is 4. The van der Waals surface area contributed by atoms with Crippen molar-refractivity contribution in [2.45, 2.75) is 16.7 Å². The highest BCUT2D eigenvalue weighted by atomic mass is 35.5. The van der Waals surface area contributed by atoms with Gasteiger partial charge in [0.15, 0.2) is 0 Å². The van der Waals surface area contributed by atoms with E-state index in [1.807, 2.05) is 79.7 Å². The van der Waals surface area contributed by atoms with Crippen LogP contribution < -0.4 is 10.1 Å². The van der Waals surface area contributed by atoms with Crippen molar-refractivity contribution < 1.29 is 19.1 Å². The van der Waals surface area contributed by atoms with Crippen molar-refractivity contribution in [2.24, 2.45) is 11.8 Å². The molecule has 204 valence electrons. The summed E-state index contributed by atoms with van der Waals surface area (Å²) >= 11 is 14.9. The zero-order chi connectivity index (χ0) is 28.5. The van der Waals surface area contributed by atoms with E-state index in [-0.39, 0.29) is 0 Å². The molecule has 1 fully saturated rings. The second kappa shape index (κ2) is 9.20. The normalized spacial score (nSPS) is 25.4. The Morgan fingerprint density at radius 1 is 0.756 bits per heavy atom. The number of nitrogens with zero attached hydrogens (tertiary/aromatic N) is 1. The van der Waals surface area contributed by atoms with E-state index in [9.17, 15) is 14.4 Å². The number of rotatable bonds is 5. The average Bonchev–Trinajstić information content (AvgIpc) is 3.24. The second-order valence-corrected chi connectivity index (χ2v) is 11.9. The maximum Gasteiger partial charge on any atom is 0.244 e. The van der Waals surface area contributed by atoms with Crippen molar-refractivity contribution in [3.05, 3.63) is 125 Å². The fraction of sp³-hybridized carbons (Fsp3) is 0.182. The number of aryl methyl sites for hydroxylation is 1. The maximum atomic E-state index is 13.9. The summed E-state index contributed by atoms with van der Waals surface area (Å²) in [6.07, 6.45) is 0. The minimum atomic E-state index is -1.28. The molecular formula is C33H24Cl2N2O4. The molecule has 1 N–H and O–H groups in total. The first-order valence-corrected chi connectivity index (χ1v) is 14.1. The average molecular weight is 583 g/mol. The van der Waals surface area contributed by atoms with Crippen LogP contribution in [0.2, 0.25) is 0 Å². The summed E-state index contributed by atoms with van der Waals surface area (Å²) in [5.74, 6) is -2.03. The third-order valence-corrected chi connectivity index (χ3v) is 9.72. The lowest BCUT2D eigenvalue weighted by Gasteiger charge is -2.54. The van der Waals surface area contributed by atoms with E-state index in [4.69, 9.17) is 27.9 Å². The molecular weight excluding hydrogens is 559 g/mol. The molecule has 1 heterocycles. The van der Waals surface area contributed by atoms with Gasteiger partial charge in [0.1, 0.15) is 27.8 Å². The molecule has 4 aliphatic rings. The van der Waals surface area contributed by atoms with E-state index >= 15 is 0 Å². The van der Waals surface area contributed by atoms with E-state index in [0.717, 1.165) is 38.5 Å². The quantitative estimate of drug-likeness (QED) is 0.221. The number of carbonyl (C=O) groups excluding carboxylic acids is 3. The van der Waals surface area contributed by atoms with Crippen LogP contribution in [0.3, 0.4) is 0 Å². The van der Waals surface area contributed by atoms with Gasteiger partial charge in [-0.25, -0.2) is 0 Å². The van der Waals surface area contributed by atoms with Crippen LogP contribution in [0.4, 0.5) is 5.69 Å². The van der Waals surface area contributed by atoms with Gasteiger partial charge in [0.05, 0.1) is 11.8 Å². The van der Waals surface area contributed by atoms with Crippen LogP contribution in [0.15, 0.2) is 97.1 Å². The number of anilines is 1. The number of hydrogen-bond donors (Lipinski definition) is 1. The van der Waals surface area contributed by atoms with Crippen molar-refractivity contribution in [2.75, 3.05) is 11.9 Å². The Morgan fingerprint density at radius 2 is 1.22 bits per heavy atom. The topological polar surface area (TPSA) is 75.7 Å². The second-order valence-electron chi connectivity index (χ2n) is 10.7. The van der Waals surface area contributed by atoms with Crippen LogP contribution in [-0.4, -0.2) is 29.2 Å². The highest BCUT2D eigenvalue weighted by molar-refractivity contribution is 6.36. The van der Waals surface area contributed by atoms with E-state index in [1.165, 1.54) is 0 Å². The van der Waals surface area contributed by atoms with Gasteiger partial charge in [-0.05, 0) is 65.1 Å². The smallest absolute Gasteiger partial charge is 0.244 e. The summed E-state index contributed by atoms with van der Waals surface area (Å²) in [6.45, 7) is 1.51. The van der Waals surface area contributed by atoms with Crippen molar-refractivity contribution in [1.29, 1.82) is 0 Å². The first-order valence-electron chi connectivity index (χ1n) is 13.3. The van der Waals surface area contributed by atoms with Crippen molar-refractivity contribution in [3.8, 4) is 11.5 Å². The number of imide groups is 1. The van der Waals surface area contributed by atoms with Crippen molar-refractivity contribution in [1.82, 2.24) is 4.90 Å². The van der Waals surface area contributed by atoms with Gasteiger partial charge in [0.25, 0.3) is 0 Å². The summed E-state index contributed by atoms with van der Waals surface area (Å²) < 4.78 is 5.92. The highest BCUT2D eigenvalue weighted by Gasteiger charge is 2.73. The van der Waals surface area contributed by atoms with Gasteiger partial charge in [-0.15, -0.1) is 23.2 Å². The summed E-state index contributed by atoms with van der Waals surface area (Å²) in [4.78, 5) is 39.4. The predicted molar refractivity (Wildman–Crippen MR) is 156 cm³/mol. The Morgan fingerprint density at radius 3 is 1.71 bits per heavy atom. The lowest BCUT2D eigenvalue weighted by atomic mass is 9.54. The molecule has 0 radical (unpaired) electrons. The SMILES string of the molecule is Cc1ccccc1Oc1ccc(NC(=O)CN2C(=O)[C@@H]3[C@@H](C2=O)C2(Cl)c4ccccc4C3(Cl)c3ccccc32)cc1. The first kappa shape index (κ1) is 25.8. The molecule has 0 spiro atoms. The van der Waals surface area contributed by atoms with Crippen LogP contribution >= 0.6 is 23.2 Å². The summed E-state index contributed by atoms with van der Waals surface area (Å²) in [6, 6.07) is 29.4. The number of halogens is 2. The molecule has 8 heteroatoms. The van der Waals surface area contributed by atoms with Crippen LogP contribution in [0.25, 0.3) is 0 Å². The Bertz CT molecular complexity index is 1630. The fourth-order valence-corrected chi connectivity index (χ4v) is 7.73. The van der Waals surface area contributed by atoms with Gasteiger partial charge in [-0.1, -0.05) is 66.7 Å². The number of nitrogens with one attached hydrogen (secondary N) is 1. The lowest BCUT2D eigenvalue weighted by Crippen LogP contribution is -2.57. The molecule has 41 heavy (non-hydrogen) atoms. The maximum absolute atomic E-state index is 13.9. The van der Waals surface area contributed by atoms with Gasteiger partial charge in [-0.2, -0.15) is 0 Å². The number of alkyl halides is 2. The van der Waals surface area contributed by atoms with Crippen LogP contribution in [0.1, 0.15) is 27.8 Å². The number of likely N-dealkylation sites (tertiary alicyclic amines) is 1. The van der Waals surface area contributed by atoms with Gasteiger partial charge in [0.2, 0.25) is 17.7 Å². The standard InChI is InChI=1S/C33H24Cl2N2O4/c1-19-8-2-7-13-26(19)41-21-16-14-20(15-17-21)36-27(38)18-37-30(39)28-29(31(37)40)33(35)23-10-4-3-9-22(23)32(28,34)24-11-5-6-12-25(24)33/h2-17,28-29H,18H2,1H3,(H,36,38)/t28-,29-,32?,33?/m0/s1. The molecule has 0 unspecified atom stereocenters. The molecule has 8 rings (SSSR count). The molecule has 0 aromatic heterocycles. The molecule has 1 aliphatic heterocycles. The van der Waals surface area contributed by atoms with Gasteiger partial charge in [0, 0.05) is 5.69 Å². The lowest BCUT2D eigenvalue weighted by molar-refractivity contribution is -0.142. The van der Waals surface area contributed by atoms with Gasteiger partial charge in [-0.3, -0.25) is 19.3 Å². The van der Waals surface area contributed by atoms with E-state index in [1.54, 1.807) is 24.3 Å². The zero-order valence-electron chi connectivity index (χ0n) is 21.9. The van der Waals surface area contributed by atoms with Gasteiger partial charge >= 0.3 is 0 Å². The molecule has 4 aromatic carbocycles. The Kier molecular flexibility index (Phi) is 5.79. The summed E-state index contributed by atoms with van der Waals surface area (Å²) in [7, 11) is 0. The predicted octanol–water partition coefficient (Wildman–Crippen LogP) is 6.32. The molecule has 3 aliphatic carbocycles. The minimum Gasteiger partial charge on any atom is -0.457 e. The van der Waals surface area contributed by atoms with Crippen LogP contribution in [0, 0.1) is 18.8 Å². The largest absolute Gasteiger partial charge is 0.457 e. The number of para-hydroxylation sites is 1. The third kappa shape index (κ3) is 3.60.